The van der Waals surface area contributed by atoms with E-state index in [1.165, 1.54) is 11.0 Å². The first kappa shape index (κ1) is 12.8. The van der Waals surface area contributed by atoms with Gasteiger partial charge in [-0.2, -0.15) is 0 Å². The standard InChI is InChI=1S/C14H11N5O2/c20-14(21-13-7-2-1-3-8-13)16-11-5-4-6-12(9-11)19-10-15-17-18-19/h1-10H,(H,16,20). The highest BCUT2D eigenvalue weighted by atomic mass is 16.6. The van der Waals surface area contributed by atoms with Crippen LogP contribution in [0.15, 0.2) is 60.9 Å². The molecule has 0 fully saturated rings. The molecule has 2 aromatic carbocycles. The second-order valence-electron chi connectivity index (χ2n) is 4.13. The Bertz CT molecular complexity index is 728. The third-order valence-corrected chi connectivity index (χ3v) is 2.66. The quantitative estimate of drug-likeness (QED) is 0.796. The zero-order chi connectivity index (χ0) is 14.5. The Morgan fingerprint density at radius 1 is 1.10 bits per heavy atom. The van der Waals surface area contributed by atoms with Gasteiger partial charge in [-0.3, -0.25) is 5.32 Å². The molecule has 1 N–H and O–H groups in total. The Labute approximate surface area is 120 Å². The number of benzene rings is 2. The summed E-state index contributed by atoms with van der Waals surface area (Å²) < 4.78 is 6.65. The molecule has 0 spiro atoms. The Morgan fingerprint density at radius 2 is 1.95 bits per heavy atom. The summed E-state index contributed by atoms with van der Waals surface area (Å²) in [7, 11) is 0. The SMILES string of the molecule is O=C(Nc1cccc(-n2cnnn2)c1)Oc1ccccc1. The van der Waals surface area contributed by atoms with Crippen molar-refractivity contribution in [3.05, 3.63) is 60.9 Å². The summed E-state index contributed by atoms with van der Waals surface area (Å²) >= 11 is 0. The average Bonchev–Trinajstić information content (AvgIpc) is 3.02. The van der Waals surface area contributed by atoms with Crippen molar-refractivity contribution < 1.29 is 9.53 Å². The third kappa shape index (κ3) is 3.21. The topological polar surface area (TPSA) is 81.9 Å². The van der Waals surface area contributed by atoms with Gasteiger partial charge in [-0.05, 0) is 40.8 Å². The summed E-state index contributed by atoms with van der Waals surface area (Å²) in [5.74, 6) is 0.478. The van der Waals surface area contributed by atoms with E-state index in [0.717, 1.165) is 5.69 Å². The molecule has 7 heteroatoms. The maximum atomic E-state index is 11.8. The summed E-state index contributed by atoms with van der Waals surface area (Å²) in [6.07, 6.45) is 0.913. The summed E-state index contributed by atoms with van der Waals surface area (Å²) in [4.78, 5) is 11.8. The lowest BCUT2D eigenvalue weighted by molar-refractivity contribution is 0.215. The molecule has 3 rings (SSSR count). The molecule has 1 aromatic heterocycles. The van der Waals surface area contributed by atoms with Crippen molar-refractivity contribution in [3.8, 4) is 11.4 Å². The smallest absolute Gasteiger partial charge is 0.410 e. The number of hydrogen-bond donors (Lipinski definition) is 1. The number of amides is 1. The maximum absolute atomic E-state index is 11.8. The van der Waals surface area contributed by atoms with Crippen molar-refractivity contribution in [3.63, 3.8) is 0 Å². The lowest BCUT2D eigenvalue weighted by atomic mass is 10.3. The first-order valence-electron chi connectivity index (χ1n) is 6.18. The molecule has 0 aliphatic heterocycles. The van der Waals surface area contributed by atoms with Crippen LogP contribution in [0.5, 0.6) is 5.75 Å². The van der Waals surface area contributed by atoms with E-state index >= 15 is 0 Å². The highest BCUT2D eigenvalue weighted by Gasteiger charge is 2.06. The monoisotopic (exact) mass is 281 g/mol. The number of aromatic nitrogens is 4. The molecular formula is C14H11N5O2. The zero-order valence-corrected chi connectivity index (χ0v) is 10.9. The second-order valence-corrected chi connectivity index (χ2v) is 4.13. The van der Waals surface area contributed by atoms with Gasteiger partial charge >= 0.3 is 6.09 Å². The molecule has 0 atom stereocenters. The van der Waals surface area contributed by atoms with E-state index in [1.54, 1.807) is 42.5 Å². The minimum Gasteiger partial charge on any atom is -0.410 e. The van der Waals surface area contributed by atoms with Crippen LogP contribution in [0.1, 0.15) is 0 Å². The van der Waals surface area contributed by atoms with Gasteiger partial charge in [0.05, 0.1) is 5.69 Å². The number of hydrogen-bond acceptors (Lipinski definition) is 5. The number of carbonyl (C=O) groups excluding carboxylic acids is 1. The van der Waals surface area contributed by atoms with Gasteiger partial charge in [0.2, 0.25) is 0 Å². The highest BCUT2D eigenvalue weighted by Crippen LogP contribution is 2.15. The predicted molar refractivity (Wildman–Crippen MR) is 75.2 cm³/mol. The van der Waals surface area contributed by atoms with Crippen LogP contribution in [0.25, 0.3) is 5.69 Å². The van der Waals surface area contributed by atoms with Crippen LogP contribution in [0.2, 0.25) is 0 Å². The van der Waals surface area contributed by atoms with Gasteiger partial charge in [-0.15, -0.1) is 5.10 Å². The van der Waals surface area contributed by atoms with E-state index in [1.807, 2.05) is 12.1 Å². The number of carbonyl (C=O) groups is 1. The van der Waals surface area contributed by atoms with E-state index < -0.39 is 6.09 Å². The maximum Gasteiger partial charge on any atom is 0.417 e. The highest BCUT2D eigenvalue weighted by molar-refractivity contribution is 5.86. The number of para-hydroxylation sites is 1. The van der Waals surface area contributed by atoms with Gasteiger partial charge in [-0.1, -0.05) is 24.3 Å². The number of rotatable bonds is 3. The number of nitrogens with zero attached hydrogens (tertiary/aromatic N) is 4. The van der Waals surface area contributed by atoms with Crippen molar-refractivity contribution in [2.75, 3.05) is 5.32 Å². The second kappa shape index (κ2) is 5.83. The van der Waals surface area contributed by atoms with Crippen LogP contribution in [0.4, 0.5) is 10.5 Å². The van der Waals surface area contributed by atoms with Crippen molar-refractivity contribution >= 4 is 11.8 Å². The lowest BCUT2D eigenvalue weighted by Gasteiger charge is -2.07. The van der Waals surface area contributed by atoms with Gasteiger partial charge in [0.15, 0.2) is 0 Å². The van der Waals surface area contributed by atoms with Crippen LogP contribution >= 0.6 is 0 Å². The van der Waals surface area contributed by atoms with Crippen molar-refractivity contribution in [1.29, 1.82) is 0 Å². The van der Waals surface area contributed by atoms with E-state index in [9.17, 15) is 4.79 Å². The van der Waals surface area contributed by atoms with Gasteiger partial charge in [0.25, 0.3) is 0 Å². The fourth-order valence-corrected chi connectivity index (χ4v) is 1.74. The minimum atomic E-state index is -0.560. The predicted octanol–water partition coefficient (Wildman–Crippen LogP) is 2.27. The fourth-order valence-electron chi connectivity index (χ4n) is 1.74. The Morgan fingerprint density at radius 3 is 2.71 bits per heavy atom. The molecule has 0 aliphatic carbocycles. The van der Waals surface area contributed by atoms with Crippen LogP contribution in [-0.2, 0) is 0 Å². The number of nitrogens with one attached hydrogen (secondary N) is 1. The molecule has 0 aliphatic rings. The Kier molecular flexibility index (Phi) is 3.55. The molecule has 104 valence electrons. The molecule has 0 saturated carbocycles. The van der Waals surface area contributed by atoms with Gasteiger partial charge < -0.3 is 4.74 Å². The van der Waals surface area contributed by atoms with Gasteiger partial charge in [0.1, 0.15) is 12.1 Å². The average molecular weight is 281 g/mol. The van der Waals surface area contributed by atoms with Crippen LogP contribution in [0.3, 0.4) is 0 Å². The van der Waals surface area contributed by atoms with Gasteiger partial charge in [0, 0.05) is 5.69 Å². The van der Waals surface area contributed by atoms with Crippen LogP contribution < -0.4 is 10.1 Å². The van der Waals surface area contributed by atoms with Crippen molar-refractivity contribution in [2.45, 2.75) is 0 Å². The van der Waals surface area contributed by atoms with E-state index in [-0.39, 0.29) is 0 Å². The summed E-state index contributed by atoms with van der Waals surface area (Å²) in [5.41, 5.74) is 1.32. The molecule has 7 nitrogen and oxygen atoms in total. The number of tetrazole rings is 1. The third-order valence-electron chi connectivity index (χ3n) is 2.66. The molecule has 0 bridgehead atoms. The normalized spacial score (nSPS) is 10.1. The Balaban J connectivity index is 1.70. The van der Waals surface area contributed by atoms with Gasteiger partial charge in [-0.25, -0.2) is 9.48 Å². The molecule has 21 heavy (non-hydrogen) atoms. The van der Waals surface area contributed by atoms with Crippen molar-refractivity contribution in [2.24, 2.45) is 0 Å². The molecule has 3 aromatic rings. The molecule has 1 amide bonds. The first-order chi connectivity index (χ1) is 10.3. The molecular weight excluding hydrogens is 270 g/mol. The molecule has 0 unspecified atom stereocenters. The van der Waals surface area contributed by atoms with E-state index in [2.05, 4.69) is 20.8 Å². The first-order valence-corrected chi connectivity index (χ1v) is 6.18. The lowest BCUT2D eigenvalue weighted by Crippen LogP contribution is -2.16. The van der Waals surface area contributed by atoms with Crippen LogP contribution in [0, 0.1) is 0 Å². The Hall–Kier alpha value is -3.22. The van der Waals surface area contributed by atoms with Crippen molar-refractivity contribution in [1.82, 2.24) is 20.2 Å². The van der Waals surface area contributed by atoms with E-state index in [0.29, 0.717) is 11.4 Å². The summed E-state index contributed by atoms with van der Waals surface area (Å²) in [6, 6.07) is 15.9. The molecule has 0 saturated heterocycles. The molecule has 0 radical (unpaired) electrons. The number of anilines is 1. The summed E-state index contributed by atoms with van der Waals surface area (Å²) in [5, 5.41) is 13.6. The molecule has 1 heterocycles. The fraction of sp³-hybridized carbons (Fsp3) is 0. The van der Waals surface area contributed by atoms with E-state index in [4.69, 9.17) is 4.74 Å². The number of ether oxygens (including phenoxy) is 1. The largest absolute Gasteiger partial charge is 0.417 e. The summed E-state index contributed by atoms with van der Waals surface area (Å²) in [6.45, 7) is 0. The minimum absolute atomic E-state index is 0.478. The van der Waals surface area contributed by atoms with Crippen LogP contribution in [-0.4, -0.2) is 26.3 Å². The zero-order valence-electron chi connectivity index (χ0n) is 10.9.